The molecule has 4 heteroatoms. The molecule has 1 unspecified atom stereocenters. The first kappa shape index (κ1) is 18.2. The molecule has 0 spiro atoms. The van der Waals surface area contributed by atoms with Crippen molar-refractivity contribution in [2.75, 3.05) is 26.2 Å². The Hall–Kier alpha value is -2.17. The van der Waals surface area contributed by atoms with Gasteiger partial charge in [-0.2, -0.15) is 0 Å². The third kappa shape index (κ3) is 4.96. The molecule has 1 heterocycles. The topological polar surface area (TPSA) is 41.6 Å². The van der Waals surface area contributed by atoms with Gasteiger partial charge >= 0.3 is 0 Å². The van der Waals surface area contributed by atoms with Crippen molar-refractivity contribution in [1.82, 2.24) is 10.2 Å². The number of morpholine rings is 1. The van der Waals surface area contributed by atoms with E-state index in [-0.39, 0.29) is 17.9 Å². The molecule has 4 nitrogen and oxygen atoms in total. The van der Waals surface area contributed by atoms with E-state index in [2.05, 4.69) is 34.5 Å². The maximum atomic E-state index is 12.7. The first-order chi connectivity index (χ1) is 13.3. The maximum Gasteiger partial charge on any atom is 0.221 e. The Morgan fingerprint density at radius 1 is 1.04 bits per heavy atom. The molecule has 2 aromatic carbocycles. The highest BCUT2D eigenvalue weighted by molar-refractivity contribution is 5.77. The van der Waals surface area contributed by atoms with Crippen LogP contribution in [0.25, 0.3) is 0 Å². The number of nitrogens with one attached hydrogen (secondary N) is 1. The summed E-state index contributed by atoms with van der Waals surface area (Å²) in [5, 5.41) is 3.11. The van der Waals surface area contributed by atoms with E-state index in [9.17, 15) is 4.79 Å². The molecule has 1 atom stereocenters. The predicted molar refractivity (Wildman–Crippen MR) is 107 cm³/mol. The Labute approximate surface area is 161 Å². The molecule has 1 saturated carbocycles. The highest BCUT2D eigenvalue weighted by Gasteiger charge is 2.33. The van der Waals surface area contributed by atoms with E-state index in [4.69, 9.17) is 4.74 Å². The average Bonchev–Trinajstić information content (AvgIpc) is 3.57. The highest BCUT2D eigenvalue weighted by Crippen LogP contribution is 2.29. The van der Waals surface area contributed by atoms with Gasteiger partial charge in [0.1, 0.15) is 0 Å². The Morgan fingerprint density at radius 3 is 2.26 bits per heavy atom. The molecule has 1 saturated heterocycles. The van der Waals surface area contributed by atoms with Gasteiger partial charge in [0, 0.05) is 38.0 Å². The lowest BCUT2D eigenvalue weighted by Crippen LogP contribution is -2.48. The van der Waals surface area contributed by atoms with Crippen molar-refractivity contribution in [2.45, 2.75) is 37.3 Å². The van der Waals surface area contributed by atoms with E-state index < -0.39 is 0 Å². The summed E-state index contributed by atoms with van der Waals surface area (Å²) in [5.41, 5.74) is 2.35. The van der Waals surface area contributed by atoms with Crippen LogP contribution in [0.1, 0.15) is 36.3 Å². The van der Waals surface area contributed by atoms with Gasteiger partial charge in [-0.05, 0) is 24.0 Å². The molecule has 1 aliphatic carbocycles. The van der Waals surface area contributed by atoms with Crippen LogP contribution >= 0.6 is 0 Å². The van der Waals surface area contributed by atoms with Crippen LogP contribution in [-0.4, -0.2) is 49.2 Å². The summed E-state index contributed by atoms with van der Waals surface area (Å²) in [6, 6.07) is 21.3. The van der Waals surface area contributed by atoms with Gasteiger partial charge in [-0.3, -0.25) is 9.69 Å². The van der Waals surface area contributed by atoms with Crippen LogP contribution in [0, 0.1) is 0 Å². The molecule has 27 heavy (non-hydrogen) atoms. The summed E-state index contributed by atoms with van der Waals surface area (Å²) >= 11 is 0. The number of hydrogen-bond acceptors (Lipinski definition) is 3. The predicted octanol–water partition coefficient (Wildman–Crippen LogP) is 3.19. The van der Waals surface area contributed by atoms with Gasteiger partial charge in [-0.1, -0.05) is 60.7 Å². The van der Waals surface area contributed by atoms with Crippen LogP contribution in [0.4, 0.5) is 0 Å². The number of benzene rings is 2. The van der Waals surface area contributed by atoms with Crippen LogP contribution in [0.3, 0.4) is 0 Å². The molecular weight excluding hydrogens is 336 g/mol. The summed E-state index contributed by atoms with van der Waals surface area (Å²) in [7, 11) is 0. The Balaban J connectivity index is 1.35. The summed E-state index contributed by atoms with van der Waals surface area (Å²) in [6.45, 7) is 3.33. The van der Waals surface area contributed by atoms with Crippen molar-refractivity contribution in [3.8, 4) is 0 Å². The quantitative estimate of drug-likeness (QED) is 0.820. The van der Waals surface area contributed by atoms with E-state index in [0.29, 0.717) is 13.0 Å². The molecule has 2 fully saturated rings. The van der Waals surface area contributed by atoms with Gasteiger partial charge in [-0.25, -0.2) is 0 Å². The van der Waals surface area contributed by atoms with E-state index in [0.717, 1.165) is 25.7 Å². The number of carbonyl (C=O) groups excluding carboxylic acids is 1. The molecule has 0 radical (unpaired) electrons. The van der Waals surface area contributed by atoms with E-state index >= 15 is 0 Å². The van der Waals surface area contributed by atoms with Crippen molar-refractivity contribution in [2.24, 2.45) is 0 Å². The fraction of sp³-hybridized carbons (Fsp3) is 0.435. The van der Waals surface area contributed by atoms with Crippen LogP contribution in [0.2, 0.25) is 0 Å². The number of ether oxygens (including phenoxy) is 1. The third-order valence-corrected chi connectivity index (χ3v) is 5.55. The van der Waals surface area contributed by atoms with Crippen LogP contribution in [-0.2, 0) is 9.53 Å². The van der Waals surface area contributed by atoms with Gasteiger partial charge in [0.05, 0.1) is 12.7 Å². The number of nitrogens with zero attached hydrogens (tertiary/aromatic N) is 1. The minimum absolute atomic E-state index is 0.0719. The number of carbonyl (C=O) groups is 1. The number of hydrogen-bond donors (Lipinski definition) is 1. The molecule has 0 aromatic heterocycles. The van der Waals surface area contributed by atoms with Crippen LogP contribution in [0.5, 0.6) is 0 Å². The standard InChI is InChI=1S/C23H28N2O2/c26-23(24-16-21-17-25(13-14-27-21)20-11-12-20)15-22(18-7-3-1-4-8-18)19-9-5-2-6-10-19/h1-10,20-22H,11-17H2,(H,24,26). The van der Waals surface area contributed by atoms with Crippen molar-refractivity contribution >= 4 is 5.91 Å². The second kappa shape index (κ2) is 8.68. The van der Waals surface area contributed by atoms with Gasteiger partial charge in [0.2, 0.25) is 5.91 Å². The van der Waals surface area contributed by atoms with Gasteiger partial charge < -0.3 is 10.1 Å². The molecular formula is C23H28N2O2. The van der Waals surface area contributed by atoms with Crippen molar-refractivity contribution in [1.29, 1.82) is 0 Å². The SMILES string of the molecule is O=C(CC(c1ccccc1)c1ccccc1)NCC1CN(C2CC2)CCO1. The summed E-state index contributed by atoms with van der Waals surface area (Å²) in [5.74, 6) is 0.155. The first-order valence-corrected chi connectivity index (χ1v) is 10.0. The largest absolute Gasteiger partial charge is 0.374 e. The van der Waals surface area contributed by atoms with Crippen LogP contribution < -0.4 is 5.32 Å². The monoisotopic (exact) mass is 364 g/mol. The molecule has 142 valence electrons. The minimum atomic E-state index is 0.0719. The van der Waals surface area contributed by atoms with E-state index in [1.807, 2.05) is 36.4 Å². The molecule has 2 aliphatic rings. The Morgan fingerprint density at radius 2 is 1.67 bits per heavy atom. The summed E-state index contributed by atoms with van der Waals surface area (Å²) < 4.78 is 5.85. The second-order valence-corrected chi connectivity index (χ2v) is 7.60. The van der Waals surface area contributed by atoms with E-state index in [1.165, 1.54) is 24.0 Å². The lowest BCUT2D eigenvalue weighted by Gasteiger charge is -2.33. The van der Waals surface area contributed by atoms with Crippen molar-refractivity contribution < 1.29 is 9.53 Å². The average molecular weight is 364 g/mol. The maximum absolute atomic E-state index is 12.7. The van der Waals surface area contributed by atoms with Gasteiger partial charge in [0.15, 0.2) is 0 Å². The number of amides is 1. The molecule has 0 bridgehead atoms. The minimum Gasteiger partial charge on any atom is -0.374 e. The summed E-state index contributed by atoms with van der Waals surface area (Å²) in [6.07, 6.45) is 3.19. The zero-order chi connectivity index (χ0) is 18.5. The second-order valence-electron chi connectivity index (χ2n) is 7.60. The Bertz CT molecular complexity index is 691. The van der Waals surface area contributed by atoms with Crippen molar-refractivity contribution in [3.63, 3.8) is 0 Å². The molecule has 1 aliphatic heterocycles. The fourth-order valence-electron chi connectivity index (χ4n) is 3.92. The van der Waals surface area contributed by atoms with Crippen LogP contribution in [0.15, 0.2) is 60.7 Å². The molecule has 4 rings (SSSR count). The highest BCUT2D eigenvalue weighted by atomic mass is 16.5. The summed E-state index contributed by atoms with van der Waals surface area (Å²) in [4.78, 5) is 15.2. The molecule has 1 N–H and O–H groups in total. The lowest BCUT2D eigenvalue weighted by molar-refractivity contribution is -0.122. The number of rotatable bonds is 7. The van der Waals surface area contributed by atoms with Crippen molar-refractivity contribution in [3.05, 3.63) is 71.8 Å². The smallest absolute Gasteiger partial charge is 0.221 e. The normalized spacial score (nSPS) is 20.6. The van der Waals surface area contributed by atoms with E-state index in [1.54, 1.807) is 0 Å². The first-order valence-electron chi connectivity index (χ1n) is 10.0. The molecule has 2 aromatic rings. The third-order valence-electron chi connectivity index (χ3n) is 5.55. The van der Waals surface area contributed by atoms with Gasteiger partial charge in [-0.15, -0.1) is 0 Å². The lowest BCUT2D eigenvalue weighted by atomic mass is 9.88. The Kier molecular flexibility index (Phi) is 5.85. The fourth-order valence-corrected chi connectivity index (χ4v) is 3.92. The molecule has 1 amide bonds. The van der Waals surface area contributed by atoms with Gasteiger partial charge in [0.25, 0.3) is 0 Å². The zero-order valence-corrected chi connectivity index (χ0v) is 15.7. The zero-order valence-electron chi connectivity index (χ0n) is 15.7.